The van der Waals surface area contributed by atoms with Crippen LogP contribution in [-0.4, -0.2) is 36.4 Å². The van der Waals surface area contributed by atoms with Gasteiger partial charge < -0.3 is 9.64 Å². The fourth-order valence-electron chi connectivity index (χ4n) is 4.58. The minimum Gasteiger partial charge on any atom is -0.439 e. The second-order valence-electron chi connectivity index (χ2n) is 9.73. The summed E-state index contributed by atoms with van der Waals surface area (Å²) in [4.78, 5) is 23.8. The molecule has 9 heteroatoms. The summed E-state index contributed by atoms with van der Waals surface area (Å²) in [5.41, 5.74) is -0.0325. The summed E-state index contributed by atoms with van der Waals surface area (Å²) in [7, 11) is -4.27. The molecule has 2 aromatic heterocycles. The van der Waals surface area contributed by atoms with Crippen LogP contribution in [0.5, 0.6) is 11.6 Å². The summed E-state index contributed by atoms with van der Waals surface area (Å²) in [5, 5.41) is 1.72. The number of nitrogens with one attached hydrogen (secondary N) is 1. The van der Waals surface area contributed by atoms with Gasteiger partial charge in [-0.25, -0.2) is 9.71 Å². The van der Waals surface area contributed by atoms with Gasteiger partial charge in [0.2, 0.25) is 5.88 Å². The summed E-state index contributed by atoms with van der Waals surface area (Å²) in [5.74, 6) is 0.711. The number of nitrogens with zero attached hydrogens (tertiary/aromatic N) is 3. The Kier molecular flexibility index (Phi) is 6.33. The number of hydrogen-bond acceptors (Lipinski definition) is 7. The van der Waals surface area contributed by atoms with Crippen LogP contribution in [-0.2, 0) is 10.0 Å². The molecule has 2 aromatic carbocycles. The number of pyridine rings is 2. The van der Waals surface area contributed by atoms with Gasteiger partial charge in [0.25, 0.3) is 15.9 Å². The van der Waals surface area contributed by atoms with Crippen LogP contribution >= 0.6 is 0 Å². The van der Waals surface area contributed by atoms with Gasteiger partial charge in [0.05, 0.1) is 5.56 Å². The van der Waals surface area contributed by atoms with Crippen molar-refractivity contribution in [2.75, 3.05) is 11.4 Å². The first-order valence-corrected chi connectivity index (χ1v) is 13.6. The van der Waals surface area contributed by atoms with E-state index in [4.69, 9.17) is 4.74 Å². The average Bonchev–Trinajstić information content (AvgIpc) is 3.15. The number of anilines is 1. The van der Waals surface area contributed by atoms with Crippen LogP contribution in [0.15, 0.2) is 84.0 Å². The molecule has 1 aliphatic heterocycles. The van der Waals surface area contributed by atoms with E-state index in [1.165, 1.54) is 12.1 Å². The van der Waals surface area contributed by atoms with E-state index in [2.05, 4.69) is 40.4 Å². The summed E-state index contributed by atoms with van der Waals surface area (Å²) >= 11 is 0. The van der Waals surface area contributed by atoms with E-state index in [0.717, 1.165) is 23.7 Å². The topological polar surface area (TPSA) is 101 Å². The second kappa shape index (κ2) is 9.48. The number of aromatic nitrogens is 2. The van der Waals surface area contributed by atoms with Crippen molar-refractivity contribution in [1.82, 2.24) is 14.7 Å². The highest BCUT2D eigenvalue weighted by Crippen LogP contribution is 2.38. The van der Waals surface area contributed by atoms with Crippen LogP contribution in [0.1, 0.15) is 37.6 Å². The standard InChI is InChI=1S/C28H28N4O4S/c1-19-15-17-32(28(19,2)3)26-23(10-7-16-29-26)27(33)31-37(34,35)25-12-6-11-24(30-25)36-22-14-13-20-8-4-5-9-21(20)18-22/h4-14,16,18-19H,15,17H2,1-3H3,(H,31,33). The Balaban J connectivity index is 1.38. The lowest BCUT2D eigenvalue weighted by molar-refractivity contribution is 0.0981. The van der Waals surface area contributed by atoms with E-state index in [1.807, 2.05) is 36.4 Å². The summed E-state index contributed by atoms with van der Waals surface area (Å²) in [6.45, 7) is 7.09. The number of carbonyl (C=O) groups is 1. The van der Waals surface area contributed by atoms with Gasteiger partial charge >= 0.3 is 0 Å². The van der Waals surface area contributed by atoms with E-state index < -0.39 is 15.9 Å². The molecule has 0 aliphatic carbocycles. The van der Waals surface area contributed by atoms with E-state index >= 15 is 0 Å². The zero-order valence-electron chi connectivity index (χ0n) is 20.9. The third-order valence-electron chi connectivity index (χ3n) is 7.12. The SMILES string of the molecule is CC1CCN(c2ncccc2C(=O)NS(=O)(=O)c2cccc(Oc3ccc4ccccc4c3)n2)C1(C)C. The molecule has 0 spiro atoms. The van der Waals surface area contributed by atoms with Gasteiger partial charge in [-0.1, -0.05) is 43.3 Å². The Morgan fingerprint density at radius 3 is 2.57 bits per heavy atom. The van der Waals surface area contributed by atoms with Gasteiger partial charge in [-0.2, -0.15) is 13.4 Å². The van der Waals surface area contributed by atoms with Crippen molar-refractivity contribution in [2.24, 2.45) is 5.92 Å². The minimum absolute atomic E-state index is 0.0977. The molecule has 3 heterocycles. The molecule has 4 aromatic rings. The predicted molar refractivity (Wildman–Crippen MR) is 142 cm³/mol. The van der Waals surface area contributed by atoms with Gasteiger partial charge in [-0.3, -0.25) is 4.79 Å². The number of sulfonamides is 1. The zero-order chi connectivity index (χ0) is 26.2. The average molecular weight is 517 g/mol. The van der Waals surface area contributed by atoms with Gasteiger partial charge in [0.1, 0.15) is 11.6 Å². The molecule has 37 heavy (non-hydrogen) atoms. The Bertz CT molecular complexity index is 1590. The molecule has 1 aliphatic rings. The molecule has 0 saturated carbocycles. The number of fused-ring (bicyclic) bond motifs is 1. The molecule has 1 amide bonds. The molecule has 5 rings (SSSR count). The van der Waals surface area contributed by atoms with E-state index in [9.17, 15) is 13.2 Å². The molecule has 190 valence electrons. The third-order valence-corrected chi connectivity index (χ3v) is 8.35. The van der Waals surface area contributed by atoms with Crippen molar-refractivity contribution >= 4 is 32.5 Å². The van der Waals surface area contributed by atoms with E-state index in [1.54, 1.807) is 30.5 Å². The van der Waals surface area contributed by atoms with E-state index in [-0.39, 0.29) is 22.0 Å². The third kappa shape index (κ3) is 4.86. The van der Waals surface area contributed by atoms with Gasteiger partial charge in [0, 0.05) is 24.3 Å². The predicted octanol–water partition coefficient (Wildman–Crippen LogP) is 5.17. The van der Waals surface area contributed by atoms with Crippen molar-refractivity contribution < 1.29 is 17.9 Å². The fraction of sp³-hybridized carbons (Fsp3) is 0.250. The number of rotatable bonds is 6. The minimum atomic E-state index is -4.27. The number of hydrogen-bond donors (Lipinski definition) is 1. The Morgan fingerprint density at radius 2 is 1.81 bits per heavy atom. The molecule has 8 nitrogen and oxygen atoms in total. The van der Waals surface area contributed by atoms with Gasteiger partial charge in [-0.15, -0.1) is 0 Å². The molecule has 0 bridgehead atoms. The van der Waals surface area contributed by atoms with Crippen LogP contribution in [0.3, 0.4) is 0 Å². The highest BCUT2D eigenvalue weighted by Gasteiger charge is 2.40. The zero-order valence-corrected chi connectivity index (χ0v) is 21.7. The second-order valence-corrected chi connectivity index (χ2v) is 11.4. The van der Waals surface area contributed by atoms with Crippen molar-refractivity contribution in [1.29, 1.82) is 0 Å². The highest BCUT2D eigenvalue weighted by atomic mass is 32.2. The quantitative estimate of drug-likeness (QED) is 0.377. The number of carbonyl (C=O) groups excluding carboxylic acids is 1. The normalized spacial score (nSPS) is 17.1. The Morgan fingerprint density at radius 1 is 1.03 bits per heavy atom. The largest absolute Gasteiger partial charge is 0.439 e. The summed E-state index contributed by atoms with van der Waals surface area (Å²) in [6, 6.07) is 21.0. The van der Waals surface area contributed by atoms with Crippen molar-refractivity contribution in [3.05, 3.63) is 84.6 Å². The van der Waals surface area contributed by atoms with Gasteiger partial charge in [-0.05, 0) is 67.3 Å². The molecular weight excluding hydrogens is 488 g/mol. The number of amides is 1. The smallest absolute Gasteiger partial charge is 0.281 e. The maximum absolute atomic E-state index is 13.2. The van der Waals surface area contributed by atoms with Crippen LogP contribution < -0.4 is 14.4 Å². The lowest BCUT2D eigenvalue weighted by Gasteiger charge is -2.36. The van der Waals surface area contributed by atoms with Crippen molar-refractivity contribution in [2.45, 2.75) is 37.8 Å². The fourth-order valence-corrected chi connectivity index (χ4v) is 5.51. The monoisotopic (exact) mass is 516 g/mol. The molecule has 1 unspecified atom stereocenters. The highest BCUT2D eigenvalue weighted by molar-refractivity contribution is 7.90. The number of ether oxygens (including phenoxy) is 1. The Hall–Kier alpha value is -3.98. The van der Waals surface area contributed by atoms with E-state index in [0.29, 0.717) is 17.5 Å². The van der Waals surface area contributed by atoms with Gasteiger partial charge in [0.15, 0.2) is 5.03 Å². The molecule has 0 radical (unpaired) electrons. The maximum atomic E-state index is 13.2. The maximum Gasteiger partial charge on any atom is 0.281 e. The van der Waals surface area contributed by atoms with Crippen LogP contribution in [0, 0.1) is 5.92 Å². The first-order chi connectivity index (χ1) is 17.6. The molecular formula is C28H28N4O4S. The Labute approximate surface area is 216 Å². The van der Waals surface area contributed by atoms with Crippen LogP contribution in [0.4, 0.5) is 5.82 Å². The number of benzene rings is 2. The molecule has 1 saturated heterocycles. The molecule has 1 fully saturated rings. The van der Waals surface area contributed by atoms with Crippen molar-refractivity contribution in [3.63, 3.8) is 0 Å². The first-order valence-electron chi connectivity index (χ1n) is 12.1. The summed E-state index contributed by atoms with van der Waals surface area (Å²) in [6.07, 6.45) is 2.56. The van der Waals surface area contributed by atoms with Crippen molar-refractivity contribution in [3.8, 4) is 11.6 Å². The molecule has 1 N–H and O–H groups in total. The van der Waals surface area contributed by atoms with Crippen LogP contribution in [0.25, 0.3) is 10.8 Å². The first kappa shape index (κ1) is 24.7. The molecule has 1 atom stereocenters. The van der Waals surface area contributed by atoms with Crippen LogP contribution in [0.2, 0.25) is 0 Å². The lowest BCUT2D eigenvalue weighted by Crippen LogP contribution is -2.43. The summed E-state index contributed by atoms with van der Waals surface area (Å²) < 4.78 is 34.2. The lowest BCUT2D eigenvalue weighted by atomic mass is 9.90.